The molecule has 0 aliphatic heterocycles. The van der Waals surface area contributed by atoms with Crippen molar-refractivity contribution in [3.63, 3.8) is 0 Å². The molecule has 1 aromatic carbocycles. The van der Waals surface area contributed by atoms with E-state index in [-0.39, 0.29) is 6.61 Å². The number of oxime groups is 1. The van der Waals surface area contributed by atoms with Gasteiger partial charge in [-0.3, -0.25) is 0 Å². The van der Waals surface area contributed by atoms with Crippen LogP contribution in [0.2, 0.25) is 0 Å². The van der Waals surface area contributed by atoms with Crippen molar-refractivity contribution >= 4 is 6.21 Å². The monoisotopic (exact) mass is 246 g/mol. The van der Waals surface area contributed by atoms with Crippen LogP contribution in [0.1, 0.15) is 17.5 Å². The smallest absolute Gasteiger partial charge is 0.391 e. The van der Waals surface area contributed by atoms with Gasteiger partial charge in [0.25, 0.3) is 0 Å². The first-order chi connectivity index (χ1) is 8.04. The average Bonchev–Trinajstić information content (AvgIpc) is 2.28. The molecule has 17 heavy (non-hydrogen) atoms. The van der Waals surface area contributed by atoms with Gasteiger partial charge in [-0.15, -0.1) is 0 Å². The molecule has 6 heteroatoms. The molecule has 0 fully saturated rings. The van der Waals surface area contributed by atoms with E-state index >= 15 is 0 Å². The number of nitrogens with zero attached hydrogens (tertiary/aromatic N) is 1. The van der Waals surface area contributed by atoms with E-state index in [0.717, 1.165) is 12.1 Å². The average molecular weight is 246 g/mol. The zero-order valence-corrected chi connectivity index (χ0v) is 9.07. The lowest BCUT2D eigenvalue weighted by Gasteiger charge is -2.07. The normalized spacial score (nSPS) is 12.0. The second kappa shape index (κ2) is 6.24. The number of halogens is 3. The van der Waals surface area contributed by atoms with Gasteiger partial charge in [-0.05, 0) is 30.7 Å². The summed E-state index contributed by atoms with van der Waals surface area (Å²) in [5, 5.41) is 3.56. The van der Waals surface area contributed by atoms with E-state index in [1.54, 1.807) is 6.07 Å². The number of rotatable bonds is 5. The summed E-state index contributed by atoms with van der Waals surface area (Å²) >= 11 is 0. The maximum Gasteiger partial charge on any atom is 0.416 e. The topological polar surface area (TPSA) is 47.6 Å². The molecule has 0 aliphatic carbocycles. The SMILES string of the molecule is NCC/C=N/OCc1cccc(C(F)(F)F)c1. The van der Waals surface area contributed by atoms with Crippen molar-refractivity contribution in [1.82, 2.24) is 0 Å². The van der Waals surface area contributed by atoms with Gasteiger partial charge in [0.15, 0.2) is 0 Å². The fourth-order valence-corrected chi connectivity index (χ4v) is 1.13. The van der Waals surface area contributed by atoms with Gasteiger partial charge in [0.05, 0.1) is 5.56 Å². The Balaban J connectivity index is 2.55. The van der Waals surface area contributed by atoms with Gasteiger partial charge in [-0.1, -0.05) is 17.3 Å². The van der Waals surface area contributed by atoms with E-state index in [0.29, 0.717) is 18.5 Å². The Hall–Kier alpha value is -1.56. The minimum atomic E-state index is -4.33. The fourth-order valence-electron chi connectivity index (χ4n) is 1.13. The van der Waals surface area contributed by atoms with Crippen LogP contribution in [0.15, 0.2) is 29.4 Å². The summed E-state index contributed by atoms with van der Waals surface area (Å²) in [4.78, 5) is 4.84. The summed E-state index contributed by atoms with van der Waals surface area (Å²) in [5.74, 6) is 0. The predicted octanol–water partition coefficient (Wildman–Crippen LogP) is 2.56. The van der Waals surface area contributed by atoms with E-state index < -0.39 is 11.7 Å². The van der Waals surface area contributed by atoms with Gasteiger partial charge < -0.3 is 10.6 Å². The molecule has 0 radical (unpaired) electrons. The lowest BCUT2D eigenvalue weighted by molar-refractivity contribution is -0.137. The van der Waals surface area contributed by atoms with Crippen molar-refractivity contribution in [2.45, 2.75) is 19.2 Å². The van der Waals surface area contributed by atoms with Gasteiger partial charge in [0.1, 0.15) is 6.61 Å². The van der Waals surface area contributed by atoms with Crippen LogP contribution in [0.25, 0.3) is 0 Å². The van der Waals surface area contributed by atoms with Gasteiger partial charge in [0.2, 0.25) is 0 Å². The number of hydrogen-bond donors (Lipinski definition) is 1. The summed E-state index contributed by atoms with van der Waals surface area (Å²) in [6.45, 7) is 0.460. The van der Waals surface area contributed by atoms with Crippen molar-refractivity contribution in [2.24, 2.45) is 10.9 Å². The second-order valence-corrected chi connectivity index (χ2v) is 3.34. The van der Waals surface area contributed by atoms with Crippen LogP contribution < -0.4 is 5.73 Å². The highest BCUT2D eigenvalue weighted by atomic mass is 19.4. The molecule has 0 atom stereocenters. The number of nitrogens with two attached hydrogens (primary N) is 1. The Morgan fingerprint density at radius 2 is 2.12 bits per heavy atom. The minimum absolute atomic E-state index is 0.00495. The van der Waals surface area contributed by atoms with E-state index in [4.69, 9.17) is 10.6 Å². The van der Waals surface area contributed by atoms with Gasteiger partial charge in [-0.25, -0.2) is 0 Å². The summed E-state index contributed by atoms with van der Waals surface area (Å²) in [5.41, 5.74) is 4.95. The van der Waals surface area contributed by atoms with Crippen LogP contribution in [0.5, 0.6) is 0 Å². The largest absolute Gasteiger partial charge is 0.416 e. The molecule has 0 heterocycles. The number of hydrogen-bond acceptors (Lipinski definition) is 3. The molecule has 2 N–H and O–H groups in total. The van der Waals surface area contributed by atoms with Crippen LogP contribution >= 0.6 is 0 Å². The van der Waals surface area contributed by atoms with Crippen molar-refractivity contribution < 1.29 is 18.0 Å². The first-order valence-electron chi connectivity index (χ1n) is 5.04. The standard InChI is InChI=1S/C11H13F3N2O/c12-11(13,14)10-4-1-3-9(7-10)8-17-16-6-2-5-15/h1,3-4,6-7H,2,5,8,15H2/b16-6+. The fraction of sp³-hybridized carbons (Fsp3) is 0.364. The van der Waals surface area contributed by atoms with Crippen LogP contribution in [-0.4, -0.2) is 12.8 Å². The summed E-state index contributed by atoms with van der Waals surface area (Å²) in [7, 11) is 0. The molecular weight excluding hydrogens is 233 g/mol. The molecule has 0 saturated heterocycles. The predicted molar refractivity (Wildman–Crippen MR) is 58.4 cm³/mol. The Morgan fingerprint density at radius 3 is 2.76 bits per heavy atom. The highest BCUT2D eigenvalue weighted by Gasteiger charge is 2.30. The maximum atomic E-state index is 12.4. The molecule has 0 saturated carbocycles. The van der Waals surface area contributed by atoms with Gasteiger partial charge in [-0.2, -0.15) is 13.2 Å². The highest BCUT2D eigenvalue weighted by Crippen LogP contribution is 2.29. The van der Waals surface area contributed by atoms with E-state index in [1.165, 1.54) is 12.3 Å². The molecular formula is C11H13F3N2O. The summed E-state index contributed by atoms with van der Waals surface area (Å²) in [6, 6.07) is 4.94. The minimum Gasteiger partial charge on any atom is -0.391 e. The number of alkyl halides is 3. The van der Waals surface area contributed by atoms with E-state index in [1.807, 2.05) is 0 Å². The quantitative estimate of drug-likeness (QED) is 0.641. The first-order valence-corrected chi connectivity index (χ1v) is 5.04. The molecule has 94 valence electrons. The van der Waals surface area contributed by atoms with Gasteiger partial charge in [0, 0.05) is 6.21 Å². The van der Waals surface area contributed by atoms with Crippen molar-refractivity contribution in [1.29, 1.82) is 0 Å². The summed E-state index contributed by atoms with van der Waals surface area (Å²) in [6.07, 6.45) is -2.28. The third-order valence-corrected chi connectivity index (χ3v) is 1.93. The van der Waals surface area contributed by atoms with E-state index in [2.05, 4.69) is 5.16 Å². The van der Waals surface area contributed by atoms with Crippen LogP contribution in [0, 0.1) is 0 Å². The molecule has 0 amide bonds. The Kier molecular flexibility index (Phi) is 4.96. The third-order valence-electron chi connectivity index (χ3n) is 1.93. The molecule has 0 unspecified atom stereocenters. The third kappa shape index (κ3) is 4.86. The second-order valence-electron chi connectivity index (χ2n) is 3.34. The van der Waals surface area contributed by atoms with Crippen molar-refractivity contribution in [2.75, 3.05) is 6.54 Å². The maximum absolute atomic E-state index is 12.4. The molecule has 1 aromatic rings. The Labute approximate surface area is 97.1 Å². The van der Waals surface area contributed by atoms with Gasteiger partial charge >= 0.3 is 6.18 Å². The molecule has 0 bridgehead atoms. The number of benzene rings is 1. The molecule has 0 aromatic heterocycles. The Bertz CT molecular complexity index is 377. The molecule has 1 rings (SSSR count). The van der Waals surface area contributed by atoms with Crippen LogP contribution in [0.4, 0.5) is 13.2 Å². The lowest BCUT2D eigenvalue weighted by Crippen LogP contribution is -2.05. The molecule has 0 spiro atoms. The highest BCUT2D eigenvalue weighted by molar-refractivity contribution is 5.56. The van der Waals surface area contributed by atoms with E-state index in [9.17, 15) is 13.2 Å². The zero-order valence-electron chi connectivity index (χ0n) is 9.07. The molecule has 0 aliphatic rings. The van der Waals surface area contributed by atoms with Crippen molar-refractivity contribution in [3.05, 3.63) is 35.4 Å². The summed E-state index contributed by atoms with van der Waals surface area (Å²) < 4.78 is 37.1. The first kappa shape index (κ1) is 13.5. The van der Waals surface area contributed by atoms with Crippen LogP contribution in [-0.2, 0) is 17.6 Å². The van der Waals surface area contributed by atoms with Crippen LogP contribution in [0.3, 0.4) is 0 Å². The zero-order chi connectivity index (χ0) is 12.7. The lowest BCUT2D eigenvalue weighted by atomic mass is 10.1. The van der Waals surface area contributed by atoms with Crippen molar-refractivity contribution in [3.8, 4) is 0 Å². The molecule has 3 nitrogen and oxygen atoms in total. The Morgan fingerprint density at radius 1 is 1.35 bits per heavy atom.